The minimum atomic E-state index is -5.05. The number of rotatable bonds is 6. The Balaban J connectivity index is 2.33. The summed E-state index contributed by atoms with van der Waals surface area (Å²) in [7, 11) is -4.07. The molecule has 0 aromatic heterocycles. The number of sulfonamides is 1. The summed E-state index contributed by atoms with van der Waals surface area (Å²) in [6, 6.07) is 12.8. The Morgan fingerprint density at radius 1 is 1.11 bits per heavy atom. The highest BCUT2D eigenvalue weighted by molar-refractivity contribution is 7.92. The van der Waals surface area contributed by atoms with Crippen LogP contribution in [0.1, 0.15) is 12.0 Å². The second kappa shape index (κ2) is 8.31. The van der Waals surface area contributed by atoms with Crippen LogP contribution in [-0.4, -0.2) is 27.0 Å². The second-order valence-corrected chi connectivity index (χ2v) is 7.66. The Morgan fingerprint density at radius 2 is 1.68 bits per heavy atom. The molecule has 0 saturated heterocycles. The average molecular weight is 411 g/mol. The molecule has 0 unspecified atom stereocenters. The molecule has 0 aliphatic rings. The van der Waals surface area contributed by atoms with E-state index >= 15 is 0 Å². The molecular weight excluding hydrogens is 395 g/mol. The van der Waals surface area contributed by atoms with E-state index in [1.807, 2.05) is 13.0 Å². The number of benzene rings is 2. The second-order valence-electron chi connectivity index (χ2n) is 5.80. The van der Waals surface area contributed by atoms with Crippen molar-refractivity contribution in [3.63, 3.8) is 0 Å². The van der Waals surface area contributed by atoms with Crippen LogP contribution in [-0.2, 0) is 14.8 Å². The molecule has 1 amide bonds. The first kappa shape index (κ1) is 21.2. The standard InChI is InChI=1S/C18H16F3N3O3S/c1-13-3-7-15(8-4-13)24(12-2-11-22)28(26,27)16-9-5-14(6-10-16)23-17(25)18(19,20)21/h3-10H,2,12H2,1H3,(H,23,25). The molecule has 0 saturated carbocycles. The minimum Gasteiger partial charge on any atom is -0.318 e. The number of carbonyl (C=O) groups is 1. The van der Waals surface area contributed by atoms with Crippen molar-refractivity contribution in [3.8, 4) is 6.07 Å². The van der Waals surface area contributed by atoms with Gasteiger partial charge in [-0.1, -0.05) is 17.7 Å². The molecule has 28 heavy (non-hydrogen) atoms. The van der Waals surface area contributed by atoms with Crippen molar-refractivity contribution in [2.24, 2.45) is 0 Å². The summed E-state index contributed by atoms with van der Waals surface area (Å²) in [5.41, 5.74) is 1.08. The number of nitriles is 1. The van der Waals surface area contributed by atoms with Gasteiger partial charge in [0.25, 0.3) is 10.0 Å². The predicted octanol–water partition coefficient (Wildman–Crippen LogP) is 3.60. The third kappa shape index (κ3) is 5.01. The lowest BCUT2D eigenvalue weighted by Gasteiger charge is -2.24. The highest BCUT2D eigenvalue weighted by Gasteiger charge is 2.38. The van der Waals surface area contributed by atoms with Gasteiger partial charge in [-0.25, -0.2) is 8.42 Å². The summed E-state index contributed by atoms with van der Waals surface area (Å²) in [5, 5.41) is 10.5. The summed E-state index contributed by atoms with van der Waals surface area (Å²) >= 11 is 0. The number of hydrogen-bond donors (Lipinski definition) is 1. The van der Waals surface area contributed by atoms with Crippen LogP contribution in [0.5, 0.6) is 0 Å². The SMILES string of the molecule is Cc1ccc(N(CCC#N)S(=O)(=O)c2ccc(NC(=O)C(F)(F)F)cc2)cc1. The lowest BCUT2D eigenvalue weighted by Crippen LogP contribution is -2.32. The number of nitrogens with one attached hydrogen (secondary N) is 1. The van der Waals surface area contributed by atoms with Gasteiger partial charge in [0, 0.05) is 12.2 Å². The molecule has 10 heteroatoms. The Kier molecular flexibility index (Phi) is 6.30. The fraction of sp³-hybridized carbons (Fsp3) is 0.222. The zero-order chi connectivity index (χ0) is 20.9. The van der Waals surface area contributed by atoms with Crippen molar-refractivity contribution in [2.75, 3.05) is 16.2 Å². The van der Waals surface area contributed by atoms with Crippen molar-refractivity contribution >= 4 is 27.3 Å². The minimum absolute atomic E-state index is 0.0488. The fourth-order valence-electron chi connectivity index (χ4n) is 2.29. The summed E-state index contributed by atoms with van der Waals surface area (Å²) in [6.45, 7) is 1.75. The van der Waals surface area contributed by atoms with Gasteiger partial charge in [-0.05, 0) is 43.3 Å². The monoisotopic (exact) mass is 411 g/mol. The quantitative estimate of drug-likeness (QED) is 0.786. The van der Waals surface area contributed by atoms with E-state index < -0.39 is 22.1 Å². The van der Waals surface area contributed by atoms with Crippen LogP contribution in [0.3, 0.4) is 0 Å². The maximum Gasteiger partial charge on any atom is 0.471 e. The van der Waals surface area contributed by atoms with Crippen molar-refractivity contribution in [3.05, 3.63) is 54.1 Å². The summed E-state index contributed by atoms with van der Waals surface area (Å²) in [5.74, 6) is -2.15. The van der Waals surface area contributed by atoms with Gasteiger partial charge in [-0.2, -0.15) is 18.4 Å². The number of alkyl halides is 3. The largest absolute Gasteiger partial charge is 0.471 e. The van der Waals surface area contributed by atoms with Crippen LogP contribution in [0.2, 0.25) is 0 Å². The molecule has 6 nitrogen and oxygen atoms in total. The van der Waals surface area contributed by atoms with E-state index in [0.29, 0.717) is 5.69 Å². The number of hydrogen-bond acceptors (Lipinski definition) is 4. The van der Waals surface area contributed by atoms with E-state index in [4.69, 9.17) is 5.26 Å². The van der Waals surface area contributed by atoms with Gasteiger partial charge in [0.2, 0.25) is 0 Å². The zero-order valence-electron chi connectivity index (χ0n) is 14.7. The Hall–Kier alpha value is -3.06. The van der Waals surface area contributed by atoms with Gasteiger partial charge in [0.05, 0.1) is 23.1 Å². The highest BCUT2D eigenvalue weighted by Crippen LogP contribution is 2.26. The van der Waals surface area contributed by atoms with Gasteiger partial charge < -0.3 is 5.32 Å². The van der Waals surface area contributed by atoms with Crippen molar-refractivity contribution in [1.82, 2.24) is 0 Å². The molecule has 148 valence electrons. The van der Waals surface area contributed by atoms with Crippen molar-refractivity contribution in [2.45, 2.75) is 24.4 Å². The van der Waals surface area contributed by atoms with E-state index in [1.165, 1.54) is 0 Å². The third-order valence-electron chi connectivity index (χ3n) is 3.71. The molecular formula is C18H16F3N3O3S. The normalized spacial score (nSPS) is 11.5. The number of amides is 1. The molecule has 0 fully saturated rings. The first-order valence-corrected chi connectivity index (χ1v) is 9.44. The summed E-state index contributed by atoms with van der Waals surface area (Å²) < 4.78 is 63.9. The molecule has 0 radical (unpaired) electrons. The number of aryl methyl sites for hydroxylation is 1. The molecule has 0 spiro atoms. The van der Waals surface area contributed by atoms with Crippen LogP contribution >= 0.6 is 0 Å². The number of nitrogens with zero attached hydrogens (tertiary/aromatic N) is 2. The van der Waals surface area contributed by atoms with E-state index in [0.717, 1.165) is 34.1 Å². The first-order valence-electron chi connectivity index (χ1n) is 8.00. The van der Waals surface area contributed by atoms with Crippen LogP contribution in [0.15, 0.2) is 53.4 Å². The Bertz CT molecular complexity index is 980. The molecule has 0 heterocycles. The van der Waals surface area contributed by atoms with Gasteiger partial charge in [-0.15, -0.1) is 0 Å². The number of halogens is 3. The van der Waals surface area contributed by atoms with Crippen LogP contribution in [0, 0.1) is 18.3 Å². The first-order chi connectivity index (χ1) is 13.1. The van der Waals surface area contributed by atoms with Crippen molar-refractivity contribution < 1.29 is 26.4 Å². The number of anilines is 2. The van der Waals surface area contributed by atoms with Gasteiger partial charge >= 0.3 is 12.1 Å². The van der Waals surface area contributed by atoms with Crippen LogP contribution < -0.4 is 9.62 Å². The van der Waals surface area contributed by atoms with Gasteiger partial charge in [0.15, 0.2) is 0 Å². The zero-order valence-corrected chi connectivity index (χ0v) is 15.5. The van der Waals surface area contributed by atoms with Gasteiger partial charge in [0.1, 0.15) is 0 Å². The summed E-state index contributed by atoms with van der Waals surface area (Å²) in [6.07, 6.45) is -5.10. The molecule has 0 atom stereocenters. The van der Waals surface area contributed by atoms with Crippen LogP contribution in [0.4, 0.5) is 24.5 Å². The number of carbonyl (C=O) groups excluding carboxylic acids is 1. The van der Waals surface area contributed by atoms with E-state index in [9.17, 15) is 26.4 Å². The van der Waals surface area contributed by atoms with Gasteiger partial charge in [-0.3, -0.25) is 9.10 Å². The van der Waals surface area contributed by atoms with E-state index in [2.05, 4.69) is 0 Å². The Morgan fingerprint density at radius 3 is 2.18 bits per heavy atom. The molecule has 0 bridgehead atoms. The maximum absolute atomic E-state index is 13.0. The fourth-order valence-corrected chi connectivity index (χ4v) is 3.76. The molecule has 1 N–H and O–H groups in total. The molecule has 2 aromatic carbocycles. The Labute approximate surface area is 160 Å². The third-order valence-corrected chi connectivity index (χ3v) is 5.55. The molecule has 2 rings (SSSR count). The lowest BCUT2D eigenvalue weighted by atomic mass is 10.2. The van der Waals surface area contributed by atoms with E-state index in [-0.39, 0.29) is 23.5 Å². The molecule has 0 aliphatic carbocycles. The molecule has 0 aliphatic heterocycles. The highest BCUT2D eigenvalue weighted by atomic mass is 32.2. The van der Waals surface area contributed by atoms with Crippen molar-refractivity contribution in [1.29, 1.82) is 5.26 Å². The van der Waals surface area contributed by atoms with E-state index in [1.54, 1.807) is 29.6 Å². The smallest absolute Gasteiger partial charge is 0.318 e. The molecule has 2 aromatic rings. The van der Waals surface area contributed by atoms with Crippen LogP contribution in [0.25, 0.3) is 0 Å². The predicted molar refractivity (Wildman–Crippen MR) is 97.1 cm³/mol. The summed E-state index contributed by atoms with van der Waals surface area (Å²) in [4.78, 5) is 10.8. The lowest BCUT2D eigenvalue weighted by molar-refractivity contribution is -0.167. The topological polar surface area (TPSA) is 90.3 Å². The maximum atomic E-state index is 13.0. The average Bonchev–Trinajstić information content (AvgIpc) is 2.63.